The summed E-state index contributed by atoms with van der Waals surface area (Å²) in [5, 5.41) is 9.03. The molecule has 27 heavy (non-hydrogen) atoms. The molecule has 0 radical (unpaired) electrons. The third-order valence-electron chi connectivity index (χ3n) is 3.98. The first kappa shape index (κ1) is 21.0. The third-order valence-corrected chi connectivity index (χ3v) is 5.44. The number of hydrogen-bond donors (Lipinski definition) is 2. The molecule has 0 saturated heterocycles. The van der Waals surface area contributed by atoms with Crippen LogP contribution in [0.3, 0.4) is 0 Å². The third kappa shape index (κ3) is 4.89. The van der Waals surface area contributed by atoms with Crippen LogP contribution in [-0.4, -0.2) is 38.3 Å². The molecule has 0 amide bonds. The molecule has 10 heteroatoms. The van der Waals surface area contributed by atoms with Gasteiger partial charge < -0.3 is 9.84 Å². The molecule has 0 bridgehead atoms. The van der Waals surface area contributed by atoms with Crippen LogP contribution in [0.4, 0.5) is 13.2 Å². The number of benzene rings is 1. The number of carboxylic acid groups (broad SMARTS) is 1. The van der Waals surface area contributed by atoms with Gasteiger partial charge in [0, 0.05) is 12.1 Å². The average molecular weight is 405 g/mol. The van der Waals surface area contributed by atoms with E-state index in [1.54, 1.807) is 0 Å². The predicted octanol–water partition coefficient (Wildman–Crippen LogP) is 3.11. The minimum absolute atomic E-state index is 0.0552. The number of allylic oxidation sites excluding steroid dienone is 1. The van der Waals surface area contributed by atoms with E-state index in [4.69, 9.17) is 9.84 Å². The summed E-state index contributed by atoms with van der Waals surface area (Å²) in [6.07, 6.45) is -4.41. The average Bonchev–Trinajstić information content (AvgIpc) is 2.58. The Kier molecular flexibility index (Phi) is 6.01. The normalized spacial score (nSPS) is 17.7. The van der Waals surface area contributed by atoms with E-state index in [1.807, 2.05) is 19.9 Å². The first-order valence-electron chi connectivity index (χ1n) is 7.89. The lowest BCUT2D eigenvalue weighted by atomic mass is 10.0. The van der Waals surface area contributed by atoms with Gasteiger partial charge in [0.2, 0.25) is 16.1 Å². The van der Waals surface area contributed by atoms with Crippen molar-refractivity contribution in [2.75, 3.05) is 6.54 Å². The number of carboxylic acids is 1. The number of fused-ring (bicyclic) bond motifs is 1. The highest BCUT2D eigenvalue weighted by molar-refractivity contribution is 7.89. The van der Waals surface area contributed by atoms with Crippen molar-refractivity contribution in [3.8, 4) is 5.75 Å². The van der Waals surface area contributed by atoms with Gasteiger partial charge in [0.05, 0.1) is 10.5 Å². The minimum atomic E-state index is -4.92. The Labute approximate surface area is 154 Å². The minimum Gasteiger partial charge on any atom is -0.478 e. The molecule has 0 saturated carbocycles. The van der Waals surface area contributed by atoms with Crippen LogP contribution in [0, 0.1) is 0 Å². The molecule has 0 aromatic heterocycles. The predicted molar refractivity (Wildman–Crippen MR) is 91.8 cm³/mol. The zero-order chi connectivity index (χ0) is 20.4. The molecule has 6 nitrogen and oxygen atoms in total. The molecule has 2 N–H and O–H groups in total. The summed E-state index contributed by atoms with van der Waals surface area (Å²) in [7, 11) is -3.91. The summed E-state index contributed by atoms with van der Waals surface area (Å²) in [6, 6.07) is 3.27. The fourth-order valence-corrected chi connectivity index (χ4v) is 3.44. The lowest BCUT2D eigenvalue weighted by molar-refractivity contribution is -0.187. The Morgan fingerprint density at radius 3 is 2.59 bits per heavy atom. The quantitative estimate of drug-likeness (QED) is 0.710. The van der Waals surface area contributed by atoms with Crippen LogP contribution in [0.5, 0.6) is 5.75 Å². The van der Waals surface area contributed by atoms with E-state index in [2.05, 4.69) is 4.72 Å². The van der Waals surface area contributed by atoms with Gasteiger partial charge in [0.25, 0.3) is 0 Å². The molecule has 0 fully saturated rings. The van der Waals surface area contributed by atoms with Gasteiger partial charge in [-0.15, -0.1) is 0 Å². The van der Waals surface area contributed by atoms with E-state index >= 15 is 0 Å². The molecule has 1 aliphatic rings. The molecule has 148 valence electrons. The van der Waals surface area contributed by atoms with E-state index in [9.17, 15) is 26.4 Å². The Balaban J connectivity index is 2.33. The standard InChI is InChI=1S/C17H18F3NO5S/c1-3-10(2)6-7-21-27(24,25)12-4-5-14-11(8-12)9-13(16(22)23)15(26-14)17(18,19)20/h3-5,8-9,15,21H,6-7H2,1-2H3,(H,22,23)/b10-3+. The summed E-state index contributed by atoms with van der Waals surface area (Å²) in [5.41, 5.74) is -0.0783. The van der Waals surface area contributed by atoms with E-state index < -0.39 is 33.8 Å². The van der Waals surface area contributed by atoms with Crippen molar-refractivity contribution in [2.45, 2.75) is 37.4 Å². The lowest BCUT2D eigenvalue weighted by Gasteiger charge is -2.27. The van der Waals surface area contributed by atoms with Crippen molar-refractivity contribution >= 4 is 22.1 Å². The molecule has 0 spiro atoms. The zero-order valence-electron chi connectivity index (χ0n) is 14.5. The van der Waals surface area contributed by atoms with Gasteiger partial charge in [-0.2, -0.15) is 13.2 Å². The second-order valence-corrected chi connectivity index (χ2v) is 7.69. The Morgan fingerprint density at radius 2 is 2.04 bits per heavy atom. The Bertz CT molecular complexity index is 904. The highest BCUT2D eigenvalue weighted by atomic mass is 32.2. The van der Waals surface area contributed by atoms with Crippen LogP contribution in [-0.2, 0) is 14.8 Å². The maximum Gasteiger partial charge on any atom is 0.430 e. The summed E-state index contributed by atoms with van der Waals surface area (Å²) >= 11 is 0. The highest BCUT2D eigenvalue weighted by Crippen LogP contribution is 2.38. The van der Waals surface area contributed by atoms with Crippen LogP contribution in [0.15, 0.2) is 40.3 Å². The van der Waals surface area contributed by atoms with Crippen LogP contribution in [0.1, 0.15) is 25.8 Å². The summed E-state index contributed by atoms with van der Waals surface area (Å²) in [5.74, 6) is -2.04. The van der Waals surface area contributed by atoms with Gasteiger partial charge in [-0.25, -0.2) is 17.9 Å². The second kappa shape index (κ2) is 7.73. The highest BCUT2D eigenvalue weighted by Gasteiger charge is 2.48. The molecule has 1 aromatic rings. The topological polar surface area (TPSA) is 92.7 Å². The van der Waals surface area contributed by atoms with Crippen molar-refractivity contribution in [1.29, 1.82) is 0 Å². The van der Waals surface area contributed by atoms with E-state index in [0.29, 0.717) is 6.42 Å². The smallest absolute Gasteiger partial charge is 0.430 e. The molecule has 1 atom stereocenters. The van der Waals surface area contributed by atoms with Gasteiger partial charge >= 0.3 is 12.1 Å². The second-order valence-electron chi connectivity index (χ2n) is 5.93. The van der Waals surface area contributed by atoms with E-state index in [-0.39, 0.29) is 22.8 Å². The van der Waals surface area contributed by atoms with Gasteiger partial charge in [-0.05, 0) is 44.5 Å². The number of carbonyl (C=O) groups is 1. The maximum atomic E-state index is 13.0. The van der Waals surface area contributed by atoms with Crippen molar-refractivity contribution in [2.24, 2.45) is 0 Å². The molecule has 1 aliphatic heterocycles. The number of halogens is 3. The number of alkyl halides is 3. The molecular weight excluding hydrogens is 387 g/mol. The Morgan fingerprint density at radius 1 is 1.37 bits per heavy atom. The largest absolute Gasteiger partial charge is 0.478 e. The van der Waals surface area contributed by atoms with Crippen molar-refractivity contribution in [3.05, 3.63) is 41.0 Å². The molecule has 0 aliphatic carbocycles. The number of nitrogens with one attached hydrogen (secondary N) is 1. The van der Waals surface area contributed by atoms with Crippen molar-refractivity contribution < 1.29 is 36.2 Å². The number of hydrogen-bond acceptors (Lipinski definition) is 4. The monoisotopic (exact) mass is 405 g/mol. The number of ether oxygens (including phenoxy) is 1. The zero-order valence-corrected chi connectivity index (χ0v) is 15.3. The maximum absolute atomic E-state index is 13.0. The van der Waals surface area contributed by atoms with Crippen molar-refractivity contribution in [1.82, 2.24) is 4.72 Å². The first-order chi connectivity index (χ1) is 12.5. The van der Waals surface area contributed by atoms with E-state index in [1.165, 1.54) is 0 Å². The molecule has 2 rings (SSSR count). The van der Waals surface area contributed by atoms with Gasteiger partial charge in [-0.3, -0.25) is 0 Å². The summed E-state index contributed by atoms with van der Waals surface area (Å²) in [4.78, 5) is 11.0. The molecule has 1 aromatic carbocycles. The fraction of sp³-hybridized carbons (Fsp3) is 0.353. The molecule has 1 heterocycles. The fourth-order valence-electron chi connectivity index (χ4n) is 2.37. The van der Waals surface area contributed by atoms with Crippen LogP contribution >= 0.6 is 0 Å². The lowest BCUT2D eigenvalue weighted by Crippen LogP contribution is -2.40. The van der Waals surface area contributed by atoms with Crippen LogP contribution in [0.2, 0.25) is 0 Å². The molecular formula is C17H18F3NO5S. The van der Waals surface area contributed by atoms with Gasteiger partial charge in [0.1, 0.15) is 5.75 Å². The van der Waals surface area contributed by atoms with Crippen LogP contribution < -0.4 is 9.46 Å². The van der Waals surface area contributed by atoms with Gasteiger partial charge in [0.15, 0.2) is 0 Å². The summed E-state index contributed by atoms with van der Waals surface area (Å²) in [6.45, 7) is 3.83. The first-order valence-corrected chi connectivity index (χ1v) is 9.38. The number of rotatable bonds is 6. The number of aliphatic carboxylic acids is 1. The SMILES string of the molecule is C/C=C(\C)CCNS(=O)(=O)c1ccc2c(c1)C=C(C(=O)O)C(C(F)(F)F)O2. The van der Waals surface area contributed by atoms with Gasteiger partial charge in [-0.1, -0.05) is 11.6 Å². The Hall–Kier alpha value is -2.33. The summed E-state index contributed by atoms with van der Waals surface area (Å²) < 4.78 is 70.9. The van der Waals surface area contributed by atoms with E-state index in [0.717, 1.165) is 29.8 Å². The number of sulfonamides is 1. The van der Waals surface area contributed by atoms with Crippen LogP contribution in [0.25, 0.3) is 6.08 Å². The van der Waals surface area contributed by atoms with Crippen molar-refractivity contribution in [3.63, 3.8) is 0 Å². The molecule has 1 unspecified atom stereocenters.